The van der Waals surface area contributed by atoms with Crippen molar-refractivity contribution in [2.24, 2.45) is 0 Å². The molecule has 0 aromatic heterocycles. The number of carbonyl (C=O) groups is 1. The van der Waals surface area contributed by atoms with Gasteiger partial charge in [-0.25, -0.2) is 0 Å². The van der Waals surface area contributed by atoms with Crippen LogP contribution in [0.3, 0.4) is 0 Å². The molecule has 1 aromatic rings. The first kappa shape index (κ1) is 8.99. The number of alkyl halides is 2. The summed E-state index contributed by atoms with van der Waals surface area (Å²) in [4.78, 5) is 10.5. The van der Waals surface area contributed by atoms with Crippen molar-refractivity contribution in [1.29, 1.82) is 0 Å². The quantitative estimate of drug-likeness (QED) is 0.683. The molecule has 1 aliphatic rings. The zero-order valence-corrected chi connectivity index (χ0v) is 9.32. The van der Waals surface area contributed by atoms with Crippen LogP contribution in [0.4, 0.5) is 0 Å². The van der Waals surface area contributed by atoms with E-state index in [1.807, 2.05) is 12.1 Å². The third-order valence-electron chi connectivity index (χ3n) is 1.93. The molecule has 70 valence electrons. The Balaban J connectivity index is 2.16. The van der Waals surface area contributed by atoms with Gasteiger partial charge in [0.2, 0.25) is 0 Å². The first-order valence-corrected chi connectivity index (χ1v) is 8.31. The van der Waals surface area contributed by atoms with E-state index in [0.29, 0.717) is 0 Å². The van der Waals surface area contributed by atoms with Gasteiger partial charge in [0.05, 0.1) is 0 Å². The molecular formula is C10H11IO2. The van der Waals surface area contributed by atoms with E-state index in [4.69, 9.17) is 5.11 Å². The zero-order valence-electron chi connectivity index (χ0n) is 7.16. The minimum absolute atomic E-state index is 0.165. The fourth-order valence-corrected chi connectivity index (χ4v) is 5.62. The Morgan fingerprint density at radius 2 is 2.23 bits per heavy atom. The van der Waals surface area contributed by atoms with Crippen molar-refractivity contribution >= 4 is 25.8 Å². The van der Waals surface area contributed by atoms with E-state index < -0.39 is 25.8 Å². The van der Waals surface area contributed by atoms with Gasteiger partial charge in [-0.2, -0.15) is 0 Å². The molecule has 0 amide bonds. The number of halogens is 1. The summed E-state index contributed by atoms with van der Waals surface area (Å²) in [5, 5.41) is 8.62. The van der Waals surface area contributed by atoms with Crippen molar-refractivity contribution in [1.82, 2.24) is 0 Å². The summed E-state index contributed by atoms with van der Waals surface area (Å²) in [6.07, 6.45) is 0.165. The molecule has 1 aliphatic heterocycles. The number of benzene rings is 1. The van der Waals surface area contributed by atoms with E-state index in [2.05, 4.69) is 12.1 Å². The Morgan fingerprint density at radius 1 is 1.46 bits per heavy atom. The molecule has 0 saturated carbocycles. The Labute approximate surface area is 84.4 Å². The van der Waals surface area contributed by atoms with Crippen LogP contribution >= 0.6 is 19.8 Å². The molecular weight excluding hydrogens is 279 g/mol. The standard InChI is InChI=1S/C10H11IO2/c12-10(13)7-8-2-1-3-9(6-8)11-4-5-11/h1-3,6H,4-5,7H2,(H,12,13). The van der Waals surface area contributed by atoms with Crippen molar-refractivity contribution < 1.29 is 9.90 Å². The fourth-order valence-electron chi connectivity index (χ4n) is 1.24. The molecule has 2 rings (SSSR count). The summed E-state index contributed by atoms with van der Waals surface area (Å²) in [5.41, 5.74) is 0.953. The average Bonchev–Trinajstić information content (AvgIpc) is 2.85. The van der Waals surface area contributed by atoms with E-state index in [0.717, 1.165) is 5.56 Å². The number of carboxylic acid groups (broad SMARTS) is 1. The Hall–Kier alpha value is -0.580. The van der Waals surface area contributed by atoms with E-state index in [-0.39, 0.29) is 6.42 Å². The number of rotatable bonds is 3. The van der Waals surface area contributed by atoms with Crippen molar-refractivity contribution in [3.05, 3.63) is 33.4 Å². The van der Waals surface area contributed by atoms with Gasteiger partial charge in [-0.15, -0.1) is 0 Å². The predicted octanol–water partition coefficient (Wildman–Crippen LogP) is 2.00. The number of hydrogen-bond donors (Lipinski definition) is 1. The third-order valence-corrected chi connectivity index (χ3v) is 6.52. The topological polar surface area (TPSA) is 37.3 Å². The minimum atomic E-state index is -0.739. The molecule has 0 radical (unpaired) electrons. The average molecular weight is 290 g/mol. The Kier molecular flexibility index (Phi) is 2.53. The number of carboxylic acids is 1. The van der Waals surface area contributed by atoms with E-state index in [1.54, 1.807) is 0 Å². The van der Waals surface area contributed by atoms with E-state index in [1.165, 1.54) is 12.4 Å². The van der Waals surface area contributed by atoms with Gasteiger partial charge in [0.15, 0.2) is 0 Å². The monoisotopic (exact) mass is 290 g/mol. The molecule has 0 atom stereocenters. The normalized spacial score (nSPS) is 17.1. The molecule has 0 spiro atoms. The molecule has 1 heterocycles. The second-order valence-corrected chi connectivity index (χ2v) is 9.04. The van der Waals surface area contributed by atoms with E-state index in [9.17, 15) is 4.79 Å². The molecule has 13 heavy (non-hydrogen) atoms. The number of aliphatic carboxylic acids is 1. The molecule has 3 heteroatoms. The van der Waals surface area contributed by atoms with Crippen LogP contribution in [-0.2, 0) is 11.2 Å². The Bertz CT molecular complexity index is 331. The molecule has 0 aliphatic carbocycles. The van der Waals surface area contributed by atoms with Crippen molar-refractivity contribution in [2.75, 3.05) is 8.86 Å². The second kappa shape index (κ2) is 3.65. The van der Waals surface area contributed by atoms with Crippen molar-refractivity contribution in [2.45, 2.75) is 6.42 Å². The van der Waals surface area contributed by atoms with Gasteiger partial charge in [0.25, 0.3) is 0 Å². The van der Waals surface area contributed by atoms with Gasteiger partial charge in [-0.05, 0) is 0 Å². The van der Waals surface area contributed by atoms with Crippen LogP contribution in [0.5, 0.6) is 0 Å². The summed E-state index contributed by atoms with van der Waals surface area (Å²) in [5.74, 6) is -0.739. The van der Waals surface area contributed by atoms with Crippen LogP contribution < -0.4 is 0 Å². The van der Waals surface area contributed by atoms with Gasteiger partial charge in [-0.3, -0.25) is 0 Å². The zero-order chi connectivity index (χ0) is 9.26. The summed E-state index contributed by atoms with van der Waals surface area (Å²) >= 11 is -0.705. The van der Waals surface area contributed by atoms with Crippen LogP contribution in [0.1, 0.15) is 5.56 Å². The molecule has 1 saturated heterocycles. The molecule has 1 aromatic carbocycles. The third kappa shape index (κ3) is 2.43. The molecule has 2 nitrogen and oxygen atoms in total. The molecule has 0 unspecified atom stereocenters. The van der Waals surface area contributed by atoms with Gasteiger partial charge in [0.1, 0.15) is 0 Å². The van der Waals surface area contributed by atoms with Crippen LogP contribution in [0.25, 0.3) is 0 Å². The SMILES string of the molecule is O=C(O)Cc1cccc(I2CC2)c1. The van der Waals surface area contributed by atoms with E-state index >= 15 is 0 Å². The van der Waals surface area contributed by atoms with Gasteiger partial charge in [-0.1, -0.05) is 0 Å². The van der Waals surface area contributed by atoms with Gasteiger partial charge in [0, 0.05) is 0 Å². The number of hydrogen-bond acceptors (Lipinski definition) is 1. The second-order valence-electron chi connectivity index (χ2n) is 3.03. The van der Waals surface area contributed by atoms with Crippen LogP contribution in [0.2, 0.25) is 0 Å². The van der Waals surface area contributed by atoms with Gasteiger partial charge >= 0.3 is 84.4 Å². The summed E-state index contributed by atoms with van der Waals surface area (Å²) in [7, 11) is 0. The first-order chi connectivity index (χ1) is 6.25. The maximum atomic E-state index is 10.5. The first-order valence-electron chi connectivity index (χ1n) is 4.18. The molecule has 1 fully saturated rings. The predicted molar refractivity (Wildman–Crippen MR) is 60.2 cm³/mol. The van der Waals surface area contributed by atoms with Crippen molar-refractivity contribution in [3.8, 4) is 0 Å². The van der Waals surface area contributed by atoms with Crippen molar-refractivity contribution in [3.63, 3.8) is 0 Å². The van der Waals surface area contributed by atoms with Crippen LogP contribution in [0.15, 0.2) is 24.3 Å². The van der Waals surface area contributed by atoms with Gasteiger partial charge < -0.3 is 0 Å². The summed E-state index contributed by atoms with van der Waals surface area (Å²) in [6, 6.07) is 8.13. The fraction of sp³-hybridized carbons (Fsp3) is 0.300. The molecule has 1 N–H and O–H groups in total. The Morgan fingerprint density at radius 3 is 2.85 bits per heavy atom. The van der Waals surface area contributed by atoms with Crippen LogP contribution in [-0.4, -0.2) is 19.9 Å². The summed E-state index contributed by atoms with van der Waals surface area (Å²) in [6.45, 7) is 0. The van der Waals surface area contributed by atoms with Crippen LogP contribution in [0, 0.1) is 3.57 Å². The summed E-state index contributed by atoms with van der Waals surface area (Å²) < 4.78 is 4.30. The molecule has 0 bridgehead atoms. The maximum absolute atomic E-state index is 10.5.